The molecule has 1 aromatic carbocycles. The molecule has 0 spiro atoms. The number of allylic oxidation sites excluding steroid dienone is 1. The molecule has 0 aliphatic heterocycles. The maximum absolute atomic E-state index is 5.17. The van der Waals surface area contributed by atoms with E-state index >= 15 is 0 Å². The third-order valence-corrected chi connectivity index (χ3v) is 2.19. The fourth-order valence-corrected chi connectivity index (χ4v) is 1.22. The standard InChI is InChI=1S/C12H16O2/c1-5-9(2)10-6-11(13-3)8-12(7-10)14-4/h6-8H,2,5H2,1,3-4H3. The fourth-order valence-electron chi connectivity index (χ4n) is 1.22. The summed E-state index contributed by atoms with van der Waals surface area (Å²) in [5.41, 5.74) is 2.16. The Labute approximate surface area is 85.2 Å². The second-order valence-electron chi connectivity index (χ2n) is 3.06. The molecule has 0 unspecified atom stereocenters. The smallest absolute Gasteiger partial charge is 0.123 e. The molecule has 0 fully saturated rings. The molecular formula is C12H16O2. The lowest BCUT2D eigenvalue weighted by Gasteiger charge is -2.09. The van der Waals surface area contributed by atoms with Crippen molar-refractivity contribution < 1.29 is 9.47 Å². The average molecular weight is 192 g/mol. The van der Waals surface area contributed by atoms with Gasteiger partial charge < -0.3 is 9.47 Å². The minimum Gasteiger partial charge on any atom is -0.497 e. The first-order valence-electron chi connectivity index (χ1n) is 4.62. The molecule has 0 aliphatic carbocycles. The normalized spacial score (nSPS) is 9.64. The number of ether oxygens (including phenoxy) is 2. The minimum absolute atomic E-state index is 0.800. The third kappa shape index (κ3) is 2.28. The van der Waals surface area contributed by atoms with Crippen LogP contribution in [0.4, 0.5) is 0 Å². The van der Waals surface area contributed by atoms with E-state index in [9.17, 15) is 0 Å². The Morgan fingerprint density at radius 3 is 2.00 bits per heavy atom. The SMILES string of the molecule is C=C(CC)c1cc(OC)cc(OC)c1. The number of methoxy groups -OCH3 is 2. The molecule has 0 bridgehead atoms. The van der Waals surface area contributed by atoms with Gasteiger partial charge in [-0.15, -0.1) is 0 Å². The Hall–Kier alpha value is -1.44. The molecule has 0 radical (unpaired) electrons. The van der Waals surface area contributed by atoms with Gasteiger partial charge in [0, 0.05) is 6.07 Å². The zero-order valence-corrected chi connectivity index (χ0v) is 8.96. The van der Waals surface area contributed by atoms with E-state index in [2.05, 4.69) is 13.5 Å². The summed E-state index contributed by atoms with van der Waals surface area (Å²) in [6.45, 7) is 6.06. The molecule has 76 valence electrons. The molecule has 0 saturated heterocycles. The molecule has 0 aromatic heterocycles. The lowest BCUT2D eigenvalue weighted by molar-refractivity contribution is 0.394. The maximum Gasteiger partial charge on any atom is 0.123 e. The van der Waals surface area contributed by atoms with Crippen LogP contribution < -0.4 is 9.47 Å². The number of rotatable bonds is 4. The van der Waals surface area contributed by atoms with Crippen molar-refractivity contribution in [3.05, 3.63) is 30.3 Å². The molecule has 0 amide bonds. The zero-order chi connectivity index (χ0) is 10.6. The van der Waals surface area contributed by atoms with Crippen molar-refractivity contribution in [2.24, 2.45) is 0 Å². The predicted octanol–water partition coefficient (Wildman–Crippen LogP) is 3.13. The molecule has 0 atom stereocenters. The molecular weight excluding hydrogens is 176 g/mol. The van der Waals surface area contributed by atoms with Gasteiger partial charge in [-0.05, 0) is 29.7 Å². The molecule has 0 saturated carbocycles. The first-order valence-corrected chi connectivity index (χ1v) is 4.62. The quantitative estimate of drug-likeness (QED) is 0.729. The first-order chi connectivity index (χ1) is 6.71. The van der Waals surface area contributed by atoms with Gasteiger partial charge in [0.15, 0.2) is 0 Å². The lowest BCUT2D eigenvalue weighted by atomic mass is 10.0. The van der Waals surface area contributed by atoms with Crippen molar-refractivity contribution in [1.82, 2.24) is 0 Å². The summed E-state index contributed by atoms with van der Waals surface area (Å²) in [6.07, 6.45) is 0.927. The van der Waals surface area contributed by atoms with Gasteiger partial charge in [0.2, 0.25) is 0 Å². The van der Waals surface area contributed by atoms with Crippen molar-refractivity contribution in [3.8, 4) is 11.5 Å². The van der Waals surface area contributed by atoms with Crippen LogP contribution in [0.5, 0.6) is 11.5 Å². The van der Waals surface area contributed by atoms with Crippen LogP contribution in [0.1, 0.15) is 18.9 Å². The van der Waals surface area contributed by atoms with Gasteiger partial charge in [-0.2, -0.15) is 0 Å². The van der Waals surface area contributed by atoms with E-state index in [0.29, 0.717) is 0 Å². The summed E-state index contributed by atoms with van der Waals surface area (Å²) < 4.78 is 10.3. The van der Waals surface area contributed by atoms with Crippen molar-refractivity contribution in [1.29, 1.82) is 0 Å². The molecule has 14 heavy (non-hydrogen) atoms. The van der Waals surface area contributed by atoms with E-state index in [1.807, 2.05) is 18.2 Å². The van der Waals surface area contributed by atoms with Gasteiger partial charge in [0.1, 0.15) is 11.5 Å². The fraction of sp³-hybridized carbons (Fsp3) is 0.333. The monoisotopic (exact) mass is 192 g/mol. The van der Waals surface area contributed by atoms with Crippen LogP contribution in [-0.2, 0) is 0 Å². The molecule has 2 heteroatoms. The van der Waals surface area contributed by atoms with E-state index in [-0.39, 0.29) is 0 Å². The van der Waals surface area contributed by atoms with Gasteiger partial charge in [-0.3, -0.25) is 0 Å². The highest BCUT2D eigenvalue weighted by Gasteiger charge is 2.03. The van der Waals surface area contributed by atoms with Crippen molar-refractivity contribution in [2.75, 3.05) is 14.2 Å². The molecule has 1 rings (SSSR count). The molecule has 2 nitrogen and oxygen atoms in total. The van der Waals surface area contributed by atoms with Gasteiger partial charge in [-0.1, -0.05) is 13.5 Å². The van der Waals surface area contributed by atoms with Crippen LogP contribution in [0, 0.1) is 0 Å². The highest BCUT2D eigenvalue weighted by molar-refractivity contribution is 5.66. The van der Waals surface area contributed by atoms with Gasteiger partial charge >= 0.3 is 0 Å². The van der Waals surface area contributed by atoms with Gasteiger partial charge in [-0.25, -0.2) is 0 Å². The van der Waals surface area contributed by atoms with Crippen molar-refractivity contribution >= 4 is 5.57 Å². The van der Waals surface area contributed by atoms with E-state index in [1.54, 1.807) is 14.2 Å². The van der Waals surface area contributed by atoms with Crippen LogP contribution in [0.3, 0.4) is 0 Å². The van der Waals surface area contributed by atoms with Crippen LogP contribution in [-0.4, -0.2) is 14.2 Å². The first kappa shape index (κ1) is 10.6. The highest BCUT2D eigenvalue weighted by atomic mass is 16.5. The minimum atomic E-state index is 0.800. The van der Waals surface area contributed by atoms with Gasteiger partial charge in [0.05, 0.1) is 14.2 Å². The second-order valence-corrected chi connectivity index (χ2v) is 3.06. The highest BCUT2D eigenvalue weighted by Crippen LogP contribution is 2.27. The topological polar surface area (TPSA) is 18.5 Å². The average Bonchev–Trinajstić information content (AvgIpc) is 2.27. The summed E-state index contributed by atoms with van der Waals surface area (Å²) in [5.74, 6) is 1.60. The Kier molecular flexibility index (Phi) is 3.57. The lowest BCUT2D eigenvalue weighted by Crippen LogP contribution is -1.90. The molecule has 0 N–H and O–H groups in total. The summed E-state index contributed by atoms with van der Waals surface area (Å²) >= 11 is 0. The number of hydrogen-bond donors (Lipinski definition) is 0. The summed E-state index contributed by atoms with van der Waals surface area (Å²) in [6, 6.07) is 5.79. The summed E-state index contributed by atoms with van der Waals surface area (Å²) in [7, 11) is 3.29. The Morgan fingerprint density at radius 2 is 1.64 bits per heavy atom. The van der Waals surface area contributed by atoms with Crippen LogP contribution in [0.2, 0.25) is 0 Å². The number of benzene rings is 1. The van der Waals surface area contributed by atoms with Crippen LogP contribution in [0.25, 0.3) is 5.57 Å². The van der Waals surface area contributed by atoms with Crippen LogP contribution in [0.15, 0.2) is 24.8 Å². The van der Waals surface area contributed by atoms with E-state index < -0.39 is 0 Å². The van der Waals surface area contributed by atoms with Crippen molar-refractivity contribution in [3.63, 3.8) is 0 Å². The molecule has 0 heterocycles. The van der Waals surface area contributed by atoms with E-state index in [0.717, 1.165) is 29.1 Å². The molecule has 1 aromatic rings. The zero-order valence-electron chi connectivity index (χ0n) is 8.96. The molecule has 0 aliphatic rings. The summed E-state index contributed by atoms with van der Waals surface area (Å²) in [5, 5.41) is 0. The maximum atomic E-state index is 5.17. The Balaban J connectivity index is 3.10. The number of hydrogen-bond acceptors (Lipinski definition) is 2. The predicted molar refractivity (Wildman–Crippen MR) is 58.9 cm³/mol. The van der Waals surface area contributed by atoms with Crippen LogP contribution >= 0.6 is 0 Å². The third-order valence-electron chi connectivity index (χ3n) is 2.19. The summed E-state index contributed by atoms with van der Waals surface area (Å²) in [4.78, 5) is 0. The van der Waals surface area contributed by atoms with Gasteiger partial charge in [0.25, 0.3) is 0 Å². The van der Waals surface area contributed by atoms with E-state index in [1.165, 1.54) is 0 Å². The van der Waals surface area contributed by atoms with Crippen molar-refractivity contribution in [2.45, 2.75) is 13.3 Å². The second kappa shape index (κ2) is 4.70. The largest absolute Gasteiger partial charge is 0.497 e. The Morgan fingerprint density at radius 1 is 1.14 bits per heavy atom. The Bertz CT molecular complexity index is 307. The van der Waals surface area contributed by atoms with E-state index in [4.69, 9.17) is 9.47 Å².